The van der Waals surface area contributed by atoms with Crippen LogP contribution in [0.2, 0.25) is 0 Å². The molecule has 3 heteroatoms. The number of nitrogens with one attached hydrogen (secondary N) is 1. The average Bonchev–Trinajstić information content (AvgIpc) is 2.60. The molecule has 1 amide bonds. The van der Waals surface area contributed by atoms with Crippen molar-refractivity contribution in [3.05, 3.63) is 77.9 Å². The summed E-state index contributed by atoms with van der Waals surface area (Å²) in [5.74, 6) is -0.161. The van der Waals surface area contributed by atoms with Crippen molar-refractivity contribution in [2.24, 2.45) is 0 Å². The molecule has 3 aromatic carbocycles. The summed E-state index contributed by atoms with van der Waals surface area (Å²) >= 11 is 0. The highest BCUT2D eigenvalue weighted by atomic mass is 16.2. The maximum Gasteiger partial charge on any atom is 0.224 e. The molecule has 0 spiro atoms. The summed E-state index contributed by atoms with van der Waals surface area (Å²) < 4.78 is 0. The zero-order valence-corrected chi connectivity index (χ0v) is 13.6. The number of hydrogen-bond acceptors (Lipinski definition) is 2. The average molecular weight is 317 g/mol. The van der Waals surface area contributed by atoms with Gasteiger partial charge in [-0.2, -0.15) is 0 Å². The van der Waals surface area contributed by atoms with Gasteiger partial charge in [-0.1, -0.05) is 54.1 Å². The van der Waals surface area contributed by atoms with Crippen molar-refractivity contribution in [2.45, 2.75) is 19.8 Å². The number of benzene rings is 3. The highest BCUT2D eigenvalue weighted by Crippen LogP contribution is 2.19. The van der Waals surface area contributed by atoms with Gasteiger partial charge in [0.2, 0.25) is 5.91 Å². The Bertz CT molecular complexity index is 885. The summed E-state index contributed by atoms with van der Waals surface area (Å²) in [7, 11) is 0. The number of amides is 1. The molecule has 0 aliphatic heterocycles. The predicted molar refractivity (Wildman–Crippen MR) is 97.3 cm³/mol. The van der Waals surface area contributed by atoms with Gasteiger partial charge in [-0.25, -0.2) is 0 Å². The minimum absolute atomic E-state index is 0.0133. The molecule has 0 radical (unpaired) electrons. The molecule has 1 N–H and O–H groups in total. The standard InChI is InChI=1S/C21H19NO2/c1-15-7-8-17-14-18(10-9-16(17)13-15)20(23)11-12-21(24)22-19-5-3-2-4-6-19/h2-10,13-14H,11-12H2,1H3,(H,22,24). The van der Waals surface area contributed by atoms with E-state index >= 15 is 0 Å². The first kappa shape index (κ1) is 15.9. The van der Waals surface area contributed by atoms with Gasteiger partial charge in [-0.3, -0.25) is 9.59 Å². The maximum absolute atomic E-state index is 12.3. The van der Waals surface area contributed by atoms with Gasteiger partial charge in [-0.05, 0) is 35.9 Å². The number of ketones is 1. The molecule has 0 saturated carbocycles. The fraction of sp³-hybridized carbons (Fsp3) is 0.143. The van der Waals surface area contributed by atoms with Gasteiger partial charge in [0.05, 0.1) is 0 Å². The second-order valence-electron chi connectivity index (χ2n) is 5.90. The molecule has 0 atom stereocenters. The van der Waals surface area contributed by atoms with Crippen molar-refractivity contribution in [2.75, 3.05) is 5.32 Å². The van der Waals surface area contributed by atoms with Gasteiger partial charge in [0.1, 0.15) is 0 Å². The highest BCUT2D eigenvalue weighted by molar-refractivity contribution is 6.02. The Kier molecular flexibility index (Phi) is 4.71. The molecule has 24 heavy (non-hydrogen) atoms. The van der Waals surface area contributed by atoms with Gasteiger partial charge >= 0.3 is 0 Å². The molecule has 0 unspecified atom stereocenters. The van der Waals surface area contributed by atoms with Gasteiger partial charge in [0.25, 0.3) is 0 Å². The van der Waals surface area contributed by atoms with Gasteiger partial charge in [-0.15, -0.1) is 0 Å². The molecule has 3 aromatic rings. The third-order valence-electron chi connectivity index (χ3n) is 3.95. The lowest BCUT2D eigenvalue weighted by Crippen LogP contribution is -2.13. The highest BCUT2D eigenvalue weighted by Gasteiger charge is 2.10. The van der Waals surface area contributed by atoms with Crippen molar-refractivity contribution in [3.63, 3.8) is 0 Å². The fourth-order valence-electron chi connectivity index (χ4n) is 2.65. The van der Waals surface area contributed by atoms with E-state index in [2.05, 4.69) is 11.4 Å². The van der Waals surface area contributed by atoms with E-state index in [9.17, 15) is 9.59 Å². The van der Waals surface area contributed by atoms with Gasteiger partial charge in [0.15, 0.2) is 5.78 Å². The van der Waals surface area contributed by atoms with Crippen LogP contribution in [0.4, 0.5) is 5.69 Å². The smallest absolute Gasteiger partial charge is 0.224 e. The molecule has 0 saturated heterocycles. The Labute approximate surface area is 141 Å². The van der Waals surface area contributed by atoms with Crippen LogP contribution in [0.3, 0.4) is 0 Å². The van der Waals surface area contributed by atoms with Crippen LogP contribution in [0.15, 0.2) is 66.7 Å². The topological polar surface area (TPSA) is 46.2 Å². The molecule has 0 aliphatic carbocycles. The van der Waals surface area contributed by atoms with Crippen molar-refractivity contribution >= 4 is 28.2 Å². The number of carbonyl (C=O) groups is 2. The first-order valence-electron chi connectivity index (χ1n) is 8.00. The second kappa shape index (κ2) is 7.09. The zero-order valence-electron chi connectivity index (χ0n) is 13.6. The summed E-state index contributed by atoms with van der Waals surface area (Å²) in [6.45, 7) is 2.05. The van der Waals surface area contributed by atoms with E-state index in [0.29, 0.717) is 5.56 Å². The molecule has 3 nitrogen and oxygen atoms in total. The van der Waals surface area contributed by atoms with Gasteiger partial charge in [0, 0.05) is 24.1 Å². The normalized spacial score (nSPS) is 10.5. The van der Waals surface area contributed by atoms with E-state index in [-0.39, 0.29) is 24.5 Å². The third kappa shape index (κ3) is 3.87. The van der Waals surface area contributed by atoms with Crippen LogP contribution >= 0.6 is 0 Å². The SMILES string of the molecule is Cc1ccc2cc(C(=O)CCC(=O)Nc3ccccc3)ccc2c1. The van der Waals surface area contributed by atoms with Crippen molar-refractivity contribution in [1.29, 1.82) is 0 Å². The molecule has 0 aromatic heterocycles. The van der Waals surface area contributed by atoms with Crippen molar-refractivity contribution in [3.8, 4) is 0 Å². The van der Waals surface area contributed by atoms with Crippen LogP contribution in [0.25, 0.3) is 10.8 Å². The van der Waals surface area contributed by atoms with Crippen molar-refractivity contribution < 1.29 is 9.59 Å². The monoisotopic (exact) mass is 317 g/mol. The van der Waals surface area contributed by atoms with E-state index in [1.807, 2.05) is 67.6 Å². The summed E-state index contributed by atoms with van der Waals surface area (Å²) in [4.78, 5) is 24.3. The Morgan fingerprint density at radius 3 is 2.33 bits per heavy atom. The first-order valence-corrected chi connectivity index (χ1v) is 8.00. The second-order valence-corrected chi connectivity index (χ2v) is 5.90. The van der Waals surface area contributed by atoms with E-state index in [4.69, 9.17) is 0 Å². The van der Waals surface area contributed by atoms with Crippen LogP contribution in [-0.4, -0.2) is 11.7 Å². The van der Waals surface area contributed by atoms with Crippen LogP contribution < -0.4 is 5.32 Å². The summed E-state index contributed by atoms with van der Waals surface area (Å²) in [5.41, 5.74) is 2.59. The van der Waals surface area contributed by atoms with E-state index in [0.717, 1.165) is 16.5 Å². The predicted octanol–water partition coefficient (Wildman–Crippen LogP) is 4.75. The maximum atomic E-state index is 12.3. The van der Waals surface area contributed by atoms with E-state index < -0.39 is 0 Å². The van der Waals surface area contributed by atoms with Gasteiger partial charge < -0.3 is 5.32 Å². The molecule has 0 bridgehead atoms. The minimum Gasteiger partial charge on any atom is -0.326 e. The fourth-order valence-corrected chi connectivity index (χ4v) is 2.65. The molecular formula is C21H19NO2. The number of aryl methyl sites for hydroxylation is 1. The molecular weight excluding hydrogens is 298 g/mol. The van der Waals surface area contributed by atoms with Crippen LogP contribution in [0, 0.1) is 6.92 Å². The Morgan fingerprint density at radius 1 is 0.833 bits per heavy atom. The quantitative estimate of drug-likeness (QED) is 0.690. The van der Waals surface area contributed by atoms with Crippen LogP contribution in [0.1, 0.15) is 28.8 Å². The first-order chi connectivity index (χ1) is 11.6. The Balaban J connectivity index is 1.62. The minimum atomic E-state index is -0.147. The number of carbonyl (C=O) groups excluding carboxylic acids is 2. The number of rotatable bonds is 5. The number of fused-ring (bicyclic) bond motifs is 1. The van der Waals surface area contributed by atoms with E-state index in [1.54, 1.807) is 0 Å². The molecule has 0 aliphatic rings. The molecule has 3 rings (SSSR count). The number of para-hydroxylation sites is 1. The lowest BCUT2D eigenvalue weighted by molar-refractivity contribution is -0.116. The van der Waals surface area contributed by atoms with Crippen LogP contribution in [0.5, 0.6) is 0 Å². The summed E-state index contributed by atoms with van der Waals surface area (Å²) in [5, 5.41) is 4.95. The molecule has 0 heterocycles. The number of Topliss-reactive ketones (excluding diaryl/α,β-unsaturated/α-hetero) is 1. The number of hydrogen-bond donors (Lipinski definition) is 1. The molecule has 120 valence electrons. The third-order valence-corrected chi connectivity index (χ3v) is 3.95. The lowest BCUT2D eigenvalue weighted by Gasteiger charge is -2.06. The Hall–Kier alpha value is -2.94. The van der Waals surface area contributed by atoms with Crippen molar-refractivity contribution in [1.82, 2.24) is 0 Å². The van der Waals surface area contributed by atoms with E-state index in [1.165, 1.54) is 5.56 Å². The number of anilines is 1. The molecule has 0 fully saturated rings. The zero-order chi connectivity index (χ0) is 16.9. The Morgan fingerprint density at radius 2 is 1.54 bits per heavy atom. The lowest BCUT2D eigenvalue weighted by atomic mass is 10.0. The summed E-state index contributed by atoms with van der Waals surface area (Å²) in [6, 6.07) is 21.1. The largest absolute Gasteiger partial charge is 0.326 e. The summed E-state index contributed by atoms with van der Waals surface area (Å²) in [6.07, 6.45) is 0.385. The van der Waals surface area contributed by atoms with Crippen LogP contribution in [-0.2, 0) is 4.79 Å².